The van der Waals surface area contributed by atoms with Crippen molar-refractivity contribution in [2.75, 3.05) is 20.2 Å². The Hall–Kier alpha value is -1.88. The number of hydrogen-bond donors (Lipinski definition) is 1. The highest BCUT2D eigenvalue weighted by molar-refractivity contribution is 5.94. The van der Waals surface area contributed by atoms with E-state index in [9.17, 15) is 9.59 Å². The van der Waals surface area contributed by atoms with E-state index in [0.717, 1.165) is 18.5 Å². The number of carbonyl (C=O) groups excluding carboxylic acids is 2. The van der Waals surface area contributed by atoms with Gasteiger partial charge in [-0.25, -0.2) is 0 Å². The van der Waals surface area contributed by atoms with Crippen molar-refractivity contribution in [2.24, 2.45) is 0 Å². The monoisotopic (exact) mass is 290 g/mol. The fourth-order valence-corrected chi connectivity index (χ4v) is 2.42. The van der Waals surface area contributed by atoms with Gasteiger partial charge in [-0.05, 0) is 31.0 Å². The van der Waals surface area contributed by atoms with Crippen molar-refractivity contribution in [2.45, 2.75) is 32.4 Å². The third-order valence-electron chi connectivity index (χ3n) is 3.96. The molecule has 1 aliphatic heterocycles. The number of likely N-dealkylation sites (N-methyl/N-ethyl adjacent to an activating group) is 1. The molecule has 1 aromatic rings. The topological polar surface area (TPSA) is 60.9 Å². The summed E-state index contributed by atoms with van der Waals surface area (Å²) in [5, 5.41) is 9.14. The van der Waals surface area contributed by atoms with E-state index in [2.05, 4.69) is 0 Å². The summed E-state index contributed by atoms with van der Waals surface area (Å²) in [6.07, 6.45) is 1.53. The van der Waals surface area contributed by atoms with Crippen molar-refractivity contribution in [3.8, 4) is 0 Å². The van der Waals surface area contributed by atoms with Crippen LogP contribution in [0.2, 0.25) is 0 Å². The van der Waals surface area contributed by atoms with Gasteiger partial charge in [-0.2, -0.15) is 0 Å². The van der Waals surface area contributed by atoms with Crippen molar-refractivity contribution in [1.82, 2.24) is 9.80 Å². The first-order chi connectivity index (χ1) is 10.0. The quantitative estimate of drug-likeness (QED) is 0.888. The van der Waals surface area contributed by atoms with E-state index in [0.29, 0.717) is 18.5 Å². The maximum atomic E-state index is 12.3. The van der Waals surface area contributed by atoms with Crippen molar-refractivity contribution >= 4 is 11.8 Å². The van der Waals surface area contributed by atoms with Gasteiger partial charge in [0.2, 0.25) is 5.91 Å². The summed E-state index contributed by atoms with van der Waals surface area (Å²) in [4.78, 5) is 27.3. The normalized spacial score (nSPS) is 16.1. The lowest BCUT2D eigenvalue weighted by Gasteiger charge is -2.23. The van der Waals surface area contributed by atoms with Gasteiger partial charge in [0.1, 0.15) is 0 Å². The fraction of sp³-hybridized carbons (Fsp3) is 0.500. The zero-order valence-electron chi connectivity index (χ0n) is 12.6. The molecule has 0 bridgehead atoms. The Morgan fingerprint density at radius 3 is 2.86 bits per heavy atom. The predicted octanol–water partition coefficient (Wildman–Crippen LogP) is 1.26. The highest BCUT2D eigenvalue weighted by Gasteiger charge is 2.21. The van der Waals surface area contributed by atoms with E-state index in [1.807, 2.05) is 23.1 Å². The van der Waals surface area contributed by atoms with Crippen molar-refractivity contribution in [3.63, 3.8) is 0 Å². The van der Waals surface area contributed by atoms with Gasteiger partial charge in [0.05, 0.1) is 12.6 Å². The molecule has 1 N–H and O–H groups in total. The van der Waals surface area contributed by atoms with E-state index in [-0.39, 0.29) is 24.5 Å². The van der Waals surface area contributed by atoms with Crippen LogP contribution >= 0.6 is 0 Å². The largest absolute Gasteiger partial charge is 0.394 e. The lowest BCUT2D eigenvalue weighted by Crippen LogP contribution is -2.37. The van der Waals surface area contributed by atoms with Crippen LogP contribution in [-0.4, -0.2) is 53.0 Å². The lowest BCUT2D eigenvalue weighted by atomic mass is 10.1. The Morgan fingerprint density at radius 2 is 2.24 bits per heavy atom. The van der Waals surface area contributed by atoms with Gasteiger partial charge in [0.15, 0.2) is 0 Å². The van der Waals surface area contributed by atoms with Crippen LogP contribution in [0.25, 0.3) is 0 Å². The molecule has 1 atom stereocenters. The first-order valence-corrected chi connectivity index (χ1v) is 7.27. The number of aliphatic hydroxyl groups is 1. The van der Waals surface area contributed by atoms with Gasteiger partial charge < -0.3 is 14.9 Å². The van der Waals surface area contributed by atoms with E-state index < -0.39 is 0 Å². The highest BCUT2D eigenvalue weighted by Crippen LogP contribution is 2.16. The molecule has 1 aromatic carbocycles. The number of rotatable bonds is 5. The summed E-state index contributed by atoms with van der Waals surface area (Å²) >= 11 is 0. The smallest absolute Gasteiger partial charge is 0.253 e. The fourth-order valence-electron chi connectivity index (χ4n) is 2.42. The molecule has 21 heavy (non-hydrogen) atoms. The SMILES string of the molecule is CC(CO)N(C)C(=O)c1cccc(CN2CCCC2=O)c1. The molecular weight excluding hydrogens is 268 g/mol. The number of benzene rings is 1. The van der Waals surface area contributed by atoms with E-state index >= 15 is 0 Å². The summed E-state index contributed by atoms with van der Waals surface area (Å²) in [5.41, 5.74) is 1.54. The number of carbonyl (C=O) groups is 2. The van der Waals surface area contributed by atoms with Crippen LogP contribution < -0.4 is 0 Å². The van der Waals surface area contributed by atoms with Crippen molar-refractivity contribution in [1.29, 1.82) is 0 Å². The summed E-state index contributed by atoms with van der Waals surface area (Å²) in [6.45, 7) is 3.08. The predicted molar refractivity (Wildman–Crippen MR) is 79.7 cm³/mol. The Balaban J connectivity index is 2.10. The first kappa shape index (κ1) is 15.5. The van der Waals surface area contributed by atoms with Gasteiger partial charge in [-0.1, -0.05) is 12.1 Å². The van der Waals surface area contributed by atoms with E-state index in [1.165, 1.54) is 4.90 Å². The molecule has 2 rings (SSSR count). The average Bonchev–Trinajstić information content (AvgIpc) is 2.90. The number of likely N-dealkylation sites (tertiary alicyclic amines) is 1. The second-order valence-electron chi connectivity index (χ2n) is 5.57. The van der Waals surface area contributed by atoms with Crippen LogP contribution in [0, 0.1) is 0 Å². The minimum absolute atomic E-state index is 0.0653. The Labute approximate surface area is 125 Å². The second-order valence-corrected chi connectivity index (χ2v) is 5.57. The molecule has 2 amide bonds. The summed E-state index contributed by atoms with van der Waals surface area (Å²) < 4.78 is 0. The molecule has 5 heteroatoms. The summed E-state index contributed by atoms with van der Waals surface area (Å²) in [5.74, 6) is 0.0592. The summed E-state index contributed by atoms with van der Waals surface area (Å²) in [6, 6.07) is 7.13. The van der Waals surface area contributed by atoms with Gasteiger partial charge in [0, 0.05) is 32.1 Å². The van der Waals surface area contributed by atoms with E-state index in [1.54, 1.807) is 20.0 Å². The number of aliphatic hydroxyl groups excluding tert-OH is 1. The molecule has 1 unspecified atom stereocenters. The molecule has 114 valence electrons. The van der Waals surface area contributed by atoms with Crippen LogP contribution in [0.3, 0.4) is 0 Å². The molecule has 0 spiro atoms. The molecule has 0 radical (unpaired) electrons. The molecule has 0 saturated carbocycles. The first-order valence-electron chi connectivity index (χ1n) is 7.27. The van der Waals surface area contributed by atoms with Crippen LogP contribution in [-0.2, 0) is 11.3 Å². The maximum absolute atomic E-state index is 12.3. The Morgan fingerprint density at radius 1 is 1.48 bits per heavy atom. The van der Waals surface area contributed by atoms with Crippen LogP contribution in [0.5, 0.6) is 0 Å². The standard InChI is InChI=1S/C16H22N2O3/c1-12(11-19)17(2)16(21)14-6-3-5-13(9-14)10-18-8-4-7-15(18)20/h3,5-6,9,12,19H,4,7-8,10-11H2,1-2H3. The molecular formula is C16H22N2O3. The molecule has 0 aromatic heterocycles. The van der Waals surface area contributed by atoms with Gasteiger partial charge in [-0.3, -0.25) is 9.59 Å². The molecule has 0 aliphatic carbocycles. The van der Waals surface area contributed by atoms with Crippen LogP contribution in [0.15, 0.2) is 24.3 Å². The van der Waals surface area contributed by atoms with Crippen molar-refractivity contribution in [3.05, 3.63) is 35.4 Å². The average molecular weight is 290 g/mol. The number of hydrogen-bond acceptors (Lipinski definition) is 3. The molecule has 1 aliphatic rings. The van der Waals surface area contributed by atoms with Crippen LogP contribution in [0.1, 0.15) is 35.7 Å². The lowest BCUT2D eigenvalue weighted by molar-refractivity contribution is -0.128. The third kappa shape index (κ3) is 3.61. The number of nitrogens with zero attached hydrogens (tertiary/aromatic N) is 2. The summed E-state index contributed by atoms with van der Waals surface area (Å²) in [7, 11) is 1.68. The van der Waals surface area contributed by atoms with Gasteiger partial charge >= 0.3 is 0 Å². The third-order valence-corrected chi connectivity index (χ3v) is 3.96. The van der Waals surface area contributed by atoms with Gasteiger partial charge in [0.25, 0.3) is 5.91 Å². The maximum Gasteiger partial charge on any atom is 0.253 e. The second kappa shape index (κ2) is 6.72. The zero-order chi connectivity index (χ0) is 15.4. The Bertz CT molecular complexity index is 530. The molecule has 1 heterocycles. The van der Waals surface area contributed by atoms with Gasteiger partial charge in [-0.15, -0.1) is 0 Å². The zero-order valence-corrected chi connectivity index (χ0v) is 12.6. The Kier molecular flexibility index (Phi) is 4.96. The molecule has 1 saturated heterocycles. The molecule has 5 nitrogen and oxygen atoms in total. The van der Waals surface area contributed by atoms with E-state index in [4.69, 9.17) is 5.11 Å². The van der Waals surface area contributed by atoms with Crippen molar-refractivity contribution < 1.29 is 14.7 Å². The van der Waals surface area contributed by atoms with Crippen LogP contribution in [0.4, 0.5) is 0 Å². The number of amides is 2. The highest BCUT2D eigenvalue weighted by atomic mass is 16.3. The minimum Gasteiger partial charge on any atom is -0.394 e. The minimum atomic E-state index is -0.221. The molecule has 1 fully saturated rings.